The third-order valence-electron chi connectivity index (χ3n) is 5.47. The minimum Gasteiger partial charge on any atom is -0.508 e. The van der Waals surface area contributed by atoms with Gasteiger partial charge in [0.05, 0.1) is 42.5 Å². The highest BCUT2D eigenvalue weighted by atomic mass is 35.5. The highest BCUT2D eigenvalue weighted by molar-refractivity contribution is 6.46. The number of aliphatic hydroxyl groups is 1. The Balaban J connectivity index is 2.13. The number of hydrogen-bond acceptors (Lipinski definition) is 7. The molecule has 0 bridgehead atoms. The van der Waals surface area contributed by atoms with E-state index in [2.05, 4.69) is 0 Å². The van der Waals surface area contributed by atoms with E-state index in [0.29, 0.717) is 18.6 Å². The van der Waals surface area contributed by atoms with Gasteiger partial charge >= 0.3 is 0 Å². The maximum Gasteiger partial charge on any atom is 0.295 e. The number of methoxy groups -OCH3 is 2. The minimum atomic E-state index is -0.869. The van der Waals surface area contributed by atoms with Crippen LogP contribution in [-0.4, -0.2) is 60.3 Å². The first-order chi connectivity index (χ1) is 16.2. The highest BCUT2D eigenvalue weighted by Gasteiger charge is 2.46. The first-order valence-electron chi connectivity index (χ1n) is 10.8. The molecule has 1 unspecified atom stereocenters. The summed E-state index contributed by atoms with van der Waals surface area (Å²) < 4.78 is 16.2. The molecule has 1 aliphatic rings. The molecule has 2 aromatic carbocycles. The van der Waals surface area contributed by atoms with Crippen molar-refractivity contribution in [3.05, 3.63) is 58.1 Å². The summed E-state index contributed by atoms with van der Waals surface area (Å²) in [6, 6.07) is 8.18. The van der Waals surface area contributed by atoms with Gasteiger partial charge in [-0.25, -0.2) is 0 Å². The number of ketones is 1. The summed E-state index contributed by atoms with van der Waals surface area (Å²) in [6.45, 7) is 4.47. The number of halogens is 1. The van der Waals surface area contributed by atoms with Crippen LogP contribution in [-0.2, 0) is 14.3 Å². The number of phenols is 1. The molecule has 9 heteroatoms. The number of nitrogens with zero attached hydrogens (tertiary/aromatic N) is 1. The van der Waals surface area contributed by atoms with Gasteiger partial charge in [0.15, 0.2) is 0 Å². The Morgan fingerprint density at radius 3 is 2.32 bits per heavy atom. The summed E-state index contributed by atoms with van der Waals surface area (Å²) >= 11 is 6.18. The Morgan fingerprint density at radius 1 is 1.09 bits per heavy atom. The van der Waals surface area contributed by atoms with Gasteiger partial charge in [-0.1, -0.05) is 23.7 Å². The first kappa shape index (κ1) is 25.4. The van der Waals surface area contributed by atoms with Gasteiger partial charge in [0.25, 0.3) is 11.7 Å². The summed E-state index contributed by atoms with van der Waals surface area (Å²) in [4.78, 5) is 27.6. The molecule has 1 heterocycles. The molecule has 1 amide bonds. The second kappa shape index (κ2) is 10.8. The van der Waals surface area contributed by atoms with Crippen LogP contribution < -0.4 is 9.47 Å². The lowest BCUT2D eigenvalue weighted by Crippen LogP contribution is -2.31. The molecule has 2 N–H and O–H groups in total. The number of phenolic OH excluding ortho intramolecular Hbond substituents is 1. The number of benzene rings is 2. The lowest BCUT2D eigenvalue weighted by molar-refractivity contribution is -0.140. The van der Waals surface area contributed by atoms with E-state index >= 15 is 0 Å². The lowest BCUT2D eigenvalue weighted by Gasteiger charge is -2.25. The van der Waals surface area contributed by atoms with Gasteiger partial charge in [-0.05, 0) is 44.0 Å². The second-order valence-electron chi connectivity index (χ2n) is 8.04. The predicted octanol–water partition coefficient (Wildman–Crippen LogP) is 4.30. The fourth-order valence-electron chi connectivity index (χ4n) is 3.86. The molecule has 0 aliphatic carbocycles. The number of carbonyl (C=O) groups excluding carboxylic acids is 2. The van der Waals surface area contributed by atoms with E-state index in [1.54, 1.807) is 12.1 Å². The van der Waals surface area contributed by atoms with E-state index in [4.69, 9.17) is 25.8 Å². The molecule has 0 aromatic heterocycles. The Labute approximate surface area is 203 Å². The molecule has 8 nitrogen and oxygen atoms in total. The Bertz CT molecular complexity index is 1100. The largest absolute Gasteiger partial charge is 0.508 e. The van der Waals surface area contributed by atoms with Crippen molar-refractivity contribution in [2.75, 3.05) is 27.4 Å². The van der Waals surface area contributed by atoms with Crippen LogP contribution >= 0.6 is 11.6 Å². The number of rotatable bonds is 9. The summed E-state index contributed by atoms with van der Waals surface area (Å²) in [6.07, 6.45) is 0.536. The first-order valence-corrected chi connectivity index (χ1v) is 11.2. The molecule has 0 saturated carbocycles. The predicted molar refractivity (Wildman–Crippen MR) is 127 cm³/mol. The highest BCUT2D eigenvalue weighted by Crippen LogP contribution is 2.43. The number of ether oxygens (including phenoxy) is 3. The summed E-state index contributed by atoms with van der Waals surface area (Å²) in [7, 11) is 2.83. The van der Waals surface area contributed by atoms with Gasteiger partial charge < -0.3 is 29.3 Å². The van der Waals surface area contributed by atoms with Crippen LogP contribution in [0.4, 0.5) is 0 Å². The van der Waals surface area contributed by atoms with Crippen LogP contribution in [0.15, 0.2) is 42.0 Å². The van der Waals surface area contributed by atoms with Crippen LogP contribution in [0, 0.1) is 0 Å². The molecule has 3 rings (SSSR count). The average Bonchev–Trinajstić information content (AvgIpc) is 3.06. The van der Waals surface area contributed by atoms with Crippen LogP contribution in [0.2, 0.25) is 5.02 Å². The third-order valence-corrected chi connectivity index (χ3v) is 5.77. The summed E-state index contributed by atoms with van der Waals surface area (Å²) in [5.41, 5.74) is 0.625. The van der Waals surface area contributed by atoms with Crippen LogP contribution in [0.3, 0.4) is 0 Å². The third kappa shape index (κ3) is 5.13. The van der Waals surface area contributed by atoms with E-state index in [1.807, 2.05) is 13.8 Å². The maximum absolute atomic E-state index is 13.2. The maximum atomic E-state index is 13.2. The zero-order chi connectivity index (χ0) is 25.0. The average molecular weight is 490 g/mol. The van der Waals surface area contributed by atoms with Crippen LogP contribution in [0.25, 0.3) is 5.76 Å². The van der Waals surface area contributed by atoms with E-state index in [9.17, 15) is 19.8 Å². The molecule has 0 radical (unpaired) electrons. The molecular formula is C25H28ClNO7. The van der Waals surface area contributed by atoms with Crippen LogP contribution in [0.5, 0.6) is 17.2 Å². The van der Waals surface area contributed by atoms with Crippen molar-refractivity contribution in [1.29, 1.82) is 0 Å². The van der Waals surface area contributed by atoms with E-state index in [0.717, 1.165) is 0 Å². The standard InChI is InChI=1S/C25H28ClNO7/c1-14(2)34-11-5-10-27-22(15-6-8-16(28)9-7-15)21(24(30)25(27)31)23(29)17-12-20(33-4)18(26)13-19(17)32-3/h6-9,12-14,22,28-29H,5,10-11H2,1-4H3/b23-21+. The molecule has 1 aliphatic heterocycles. The van der Waals surface area contributed by atoms with Crippen molar-refractivity contribution in [2.45, 2.75) is 32.4 Å². The SMILES string of the molecule is COc1cc(/C(O)=C2\C(=O)C(=O)N(CCCOC(C)C)C2c2ccc(O)cc2)c(OC)cc1Cl. The zero-order valence-electron chi connectivity index (χ0n) is 19.5. The molecule has 0 spiro atoms. The fraction of sp³-hybridized carbons (Fsp3) is 0.360. The van der Waals surface area contributed by atoms with Gasteiger partial charge in [0.2, 0.25) is 0 Å². The van der Waals surface area contributed by atoms with Crippen molar-refractivity contribution in [1.82, 2.24) is 4.90 Å². The molecule has 2 aromatic rings. The van der Waals surface area contributed by atoms with Crippen molar-refractivity contribution in [3.63, 3.8) is 0 Å². The van der Waals surface area contributed by atoms with Crippen molar-refractivity contribution >= 4 is 29.1 Å². The number of aromatic hydroxyl groups is 1. The van der Waals surface area contributed by atoms with E-state index in [1.165, 1.54) is 43.4 Å². The molecule has 1 fully saturated rings. The lowest BCUT2D eigenvalue weighted by atomic mass is 9.94. The van der Waals surface area contributed by atoms with Crippen LogP contribution in [0.1, 0.15) is 37.4 Å². The molecule has 1 saturated heterocycles. The van der Waals surface area contributed by atoms with Gasteiger partial charge in [0, 0.05) is 19.2 Å². The van der Waals surface area contributed by atoms with Gasteiger partial charge in [-0.3, -0.25) is 9.59 Å². The quantitative estimate of drug-likeness (QED) is 0.234. The van der Waals surface area contributed by atoms with Gasteiger partial charge in [-0.2, -0.15) is 0 Å². The zero-order valence-corrected chi connectivity index (χ0v) is 20.3. The second-order valence-corrected chi connectivity index (χ2v) is 8.45. The molecule has 34 heavy (non-hydrogen) atoms. The Morgan fingerprint density at radius 2 is 1.74 bits per heavy atom. The molecular weight excluding hydrogens is 462 g/mol. The van der Waals surface area contributed by atoms with Crippen molar-refractivity contribution in [3.8, 4) is 17.2 Å². The summed E-state index contributed by atoms with van der Waals surface area (Å²) in [5.74, 6) is -1.45. The number of likely N-dealkylation sites (tertiary alicyclic amines) is 1. The normalized spacial score (nSPS) is 17.5. The topological polar surface area (TPSA) is 106 Å². The van der Waals surface area contributed by atoms with E-state index < -0.39 is 23.5 Å². The minimum absolute atomic E-state index is 0.0372. The number of carbonyl (C=O) groups is 2. The van der Waals surface area contributed by atoms with Crippen molar-refractivity contribution < 1.29 is 34.0 Å². The number of Topliss-reactive ketones (excluding diaryl/α,β-unsaturated/α-hetero) is 1. The monoisotopic (exact) mass is 489 g/mol. The van der Waals surface area contributed by atoms with E-state index in [-0.39, 0.29) is 46.1 Å². The molecule has 1 atom stereocenters. The number of aliphatic hydroxyl groups excluding tert-OH is 1. The fourth-order valence-corrected chi connectivity index (χ4v) is 4.09. The molecule has 182 valence electrons. The van der Waals surface area contributed by atoms with Crippen molar-refractivity contribution in [2.24, 2.45) is 0 Å². The Kier molecular flexibility index (Phi) is 8.06. The smallest absolute Gasteiger partial charge is 0.295 e. The number of hydrogen-bond donors (Lipinski definition) is 2. The summed E-state index contributed by atoms with van der Waals surface area (Å²) in [5, 5.41) is 21.3. The Hall–Kier alpha value is -3.23. The van der Waals surface area contributed by atoms with Gasteiger partial charge in [0.1, 0.15) is 23.0 Å². The van der Waals surface area contributed by atoms with Gasteiger partial charge in [-0.15, -0.1) is 0 Å². The number of amides is 1.